The molecule has 0 radical (unpaired) electrons. The normalized spacial score (nSPS) is 28.6. The first-order valence-corrected chi connectivity index (χ1v) is 6.79. The van der Waals surface area contributed by atoms with Crippen LogP contribution in [-0.4, -0.2) is 17.7 Å². The van der Waals surface area contributed by atoms with Crippen molar-refractivity contribution in [3.05, 3.63) is 29.6 Å². The van der Waals surface area contributed by atoms with E-state index < -0.39 is 11.8 Å². The molecule has 0 saturated heterocycles. The van der Waals surface area contributed by atoms with E-state index >= 15 is 0 Å². The highest BCUT2D eigenvalue weighted by Gasteiger charge is 2.39. The molecule has 2 bridgehead atoms. The Balaban J connectivity index is 1.70. The maximum Gasteiger partial charge on any atom is 0.342 e. The Labute approximate surface area is 111 Å². The summed E-state index contributed by atoms with van der Waals surface area (Å²) >= 11 is 0. The molecule has 1 N–H and O–H groups in total. The molecule has 3 rings (SSSR count). The van der Waals surface area contributed by atoms with Gasteiger partial charge in [-0.05, 0) is 49.1 Å². The molecule has 2 fully saturated rings. The van der Waals surface area contributed by atoms with Crippen LogP contribution in [-0.2, 0) is 0 Å². The molecule has 4 heteroatoms. The Morgan fingerprint density at radius 2 is 2.21 bits per heavy atom. The molecule has 0 heterocycles. The van der Waals surface area contributed by atoms with Crippen LogP contribution in [0, 0.1) is 23.6 Å². The summed E-state index contributed by atoms with van der Waals surface area (Å²) in [5, 5.41) is 9.02. The van der Waals surface area contributed by atoms with Crippen molar-refractivity contribution in [3.63, 3.8) is 0 Å². The van der Waals surface area contributed by atoms with Crippen LogP contribution >= 0.6 is 0 Å². The third kappa shape index (κ3) is 2.31. The average Bonchev–Trinajstić information content (AvgIpc) is 2.97. The Morgan fingerprint density at radius 3 is 2.84 bits per heavy atom. The first-order chi connectivity index (χ1) is 9.15. The lowest BCUT2D eigenvalue weighted by Gasteiger charge is -2.22. The fourth-order valence-electron chi connectivity index (χ4n) is 3.61. The fraction of sp³-hybridized carbons (Fsp3) is 0.533. The predicted octanol–water partition coefficient (Wildman–Crippen LogP) is 3.34. The van der Waals surface area contributed by atoms with E-state index in [1.807, 2.05) is 0 Å². The van der Waals surface area contributed by atoms with E-state index in [9.17, 15) is 9.18 Å². The van der Waals surface area contributed by atoms with E-state index in [2.05, 4.69) is 0 Å². The molecule has 19 heavy (non-hydrogen) atoms. The Morgan fingerprint density at radius 1 is 1.37 bits per heavy atom. The fourth-order valence-corrected chi connectivity index (χ4v) is 3.61. The monoisotopic (exact) mass is 264 g/mol. The van der Waals surface area contributed by atoms with Gasteiger partial charge in [0.25, 0.3) is 0 Å². The summed E-state index contributed by atoms with van der Waals surface area (Å²) in [6.07, 6.45) is 5.03. The lowest BCUT2D eigenvalue weighted by molar-refractivity contribution is 0.0685. The first-order valence-electron chi connectivity index (χ1n) is 6.79. The second-order valence-corrected chi connectivity index (χ2v) is 5.66. The summed E-state index contributed by atoms with van der Waals surface area (Å²) in [4.78, 5) is 11.0. The number of fused-ring (bicyclic) bond motifs is 2. The molecular weight excluding hydrogens is 247 g/mol. The summed E-state index contributed by atoms with van der Waals surface area (Å²) in [6.45, 7) is 0.505. The quantitative estimate of drug-likeness (QED) is 0.907. The molecule has 3 atom stereocenters. The van der Waals surface area contributed by atoms with Crippen molar-refractivity contribution in [2.75, 3.05) is 6.61 Å². The van der Waals surface area contributed by atoms with Crippen LogP contribution in [0.1, 0.15) is 36.0 Å². The number of hydrogen-bond donors (Lipinski definition) is 1. The van der Waals surface area contributed by atoms with Crippen LogP contribution < -0.4 is 4.74 Å². The summed E-state index contributed by atoms with van der Waals surface area (Å²) in [7, 11) is 0. The van der Waals surface area contributed by atoms with Crippen LogP contribution in [0.25, 0.3) is 0 Å². The maximum atomic E-state index is 13.5. The lowest BCUT2D eigenvalue weighted by atomic mass is 9.89. The van der Waals surface area contributed by atoms with E-state index in [4.69, 9.17) is 9.84 Å². The summed E-state index contributed by atoms with van der Waals surface area (Å²) in [5.41, 5.74) is -0.356. The molecule has 3 unspecified atom stereocenters. The highest BCUT2D eigenvalue weighted by Crippen LogP contribution is 2.48. The molecule has 2 aliphatic rings. The van der Waals surface area contributed by atoms with Crippen molar-refractivity contribution in [1.29, 1.82) is 0 Å². The molecular formula is C15H17FO3. The van der Waals surface area contributed by atoms with Gasteiger partial charge in [-0.2, -0.15) is 0 Å². The number of hydrogen-bond acceptors (Lipinski definition) is 2. The summed E-state index contributed by atoms with van der Waals surface area (Å²) in [5.74, 6) is 0.176. The number of carboxylic acids is 1. The van der Waals surface area contributed by atoms with Gasteiger partial charge in [0, 0.05) is 0 Å². The lowest BCUT2D eigenvalue weighted by Crippen LogP contribution is -2.19. The molecule has 2 saturated carbocycles. The maximum absolute atomic E-state index is 13.5. The van der Waals surface area contributed by atoms with Gasteiger partial charge in [-0.15, -0.1) is 0 Å². The van der Waals surface area contributed by atoms with E-state index in [0.29, 0.717) is 18.4 Å². The van der Waals surface area contributed by atoms with Gasteiger partial charge in [0.2, 0.25) is 0 Å². The minimum Gasteiger partial charge on any atom is -0.492 e. The zero-order valence-electron chi connectivity index (χ0n) is 10.6. The molecule has 0 amide bonds. The topological polar surface area (TPSA) is 46.5 Å². The van der Waals surface area contributed by atoms with Gasteiger partial charge in [-0.1, -0.05) is 12.5 Å². The van der Waals surface area contributed by atoms with Crippen molar-refractivity contribution in [3.8, 4) is 5.75 Å². The van der Waals surface area contributed by atoms with E-state index in [0.717, 1.165) is 12.0 Å². The van der Waals surface area contributed by atoms with Crippen LogP contribution in [0.3, 0.4) is 0 Å². The number of halogens is 1. The van der Waals surface area contributed by atoms with Crippen molar-refractivity contribution < 1.29 is 19.0 Å². The highest BCUT2D eigenvalue weighted by atomic mass is 19.1. The number of aromatic carboxylic acids is 1. The summed E-state index contributed by atoms with van der Waals surface area (Å²) in [6, 6.07) is 4.16. The van der Waals surface area contributed by atoms with Gasteiger partial charge >= 0.3 is 5.97 Å². The molecule has 0 aromatic heterocycles. The number of rotatable bonds is 4. The van der Waals surface area contributed by atoms with Gasteiger partial charge in [-0.3, -0.25) is 0 Å². The number of ether oxygens (including phenoxy) is 1. The van der Waals surface area contributed by atoms with Crippen LogP contribution in [0.5, 0.6) is 5.75 Å². The second-order valence-electron chi connectivity index (χ2n) is 5.66. The van der Waals surface area contributed by atoms with E-state index in [1.165, 1.54) is 37.8 Å². The molecule has 2 aliphatic carbocycles. The smallest absolute Gasteiger partial charge is 0.342 e. The molecule has 102 valence electrons. The Bertz CT molecular complexity index is 500. The Kier molecular flexibility index (Phi) is 3.17. The molecule has 0 aliphatic heterocycles. The standard InChI is InChI=1S/C15H17FO3/c16-12-2-1-3-13(14(12)15(17)18)19-8-11-7-9-4-5-10(11)6-9/h1-3,9-11H,4-8H2,(H,17,18). The molecule has 1 aromatic rings. The first kappa shape index (κ1) is 12.5. The molecule has 1 aromatic carbocycles. The third-order valence-corrected chi connectivity index (χ3v) is 4.53. The third-order valence-electron chi connectivity index (χ3n) is 4.53. The number of benzene rings is 1. The zero-order valence-corrected chi connectivity index (χ0v) is 10.6. The summed E-state index contributed by atoms with van der Waals surface area (Å²) < 4.78 is 19.1. The number of carbonyl (C=O) groups is 1. The van der Waals surface area contributed by atoms with Crippen LogP contribution in [0.2, 0.25) is 0 Å². The highest BCUT2D eigenvalue weighted by molar-refractivity contribution is 5.91. The Hall–Kier alpha value is -1.58. The second kappa shape index (κ2) is 4.83. The minimum absolute atomic E-state index is 0.148. The molecule has 3 nitrogen and oxygen atoms in total. The van der Waals surface area contributed by atoms with Crippen molar-refractivity contribution in [2.45, 2.75) is 25.7 Å². The average molecular weight is 264 g/mol. The van der Waals surface area contributed by atoms with Gasteiger partial charge in [0.1, 0.15) is 17.1 Å². The van der Waals surface area contributed by atoms with Crippen LogP contribution in [0.4, 0.5) is 4.39 Å². The largest absolute Gasteiger partial charge is 0.492 e. The van der Waals surface area contributed by atoms with Crippen molar-refractivity contribution in [1.82, 2.24) is 0 Å². The SMILES string of the molecule is O=C(O)c1c(F)cccc1OCC1CC2CCC1C2. The zero-order chi connectivity index (χ0) is 13.4. The van der Waals surface area contributed by atoms with E-state index in [1.54, 1.807) is 0 Å². The van der Waals surface area contributed by atoms with Gasteiger partial charge in [-0.25, -0.2) is 9.18 Å². The molecule has 0 spiro atoms. The predicted molar refractivity (Wildman–Crippen MR) is 67.8 cm³/mol. The van der Waals surface area contributed by atoms with E-state index in [-0.39, 0.29) is 11.3 Å². The van der Waals surface area contributed by atoms with Gasteiger partial charge in [0.05, 0.1) is 6.61 Å². The van der Waals surface area contributed by atoms with Crippen LogP contribution in [0.15, 0.2) is 18.2 Å². The van der Waals surface area contributed by atoms with Gasteiger partial charge < -0.3 is 9.84 Å². The van der Waals surface area contributed by atoms with Crippen molar-refractivity contribution in [2.24, 2.45) is 17.8 Å². The van der Waals surface area contributed by atoms with Crippen molar-refractivity contribution >= 4 is 5.97 Å². The van der Waals surface area contributed by atoms with Gasteiger partial charge in [0.15, 0.2) is 0 Å². The number of carboxylic acid groups (broad SMARTS) is 1. The minimum atomic E-state index is -1.28.